The Morgan fingerprint density at radius 2 is 1.89 bits per heavy atom. The van der Waals surface area contributed by atoms with Crippen LogP contribution in [0, 0.1) is 12.7 Å². The highest BCUT2D eigenvalue weighted by Crippen LogP contribution is 2.40. The molecule has 1 aromatic carbocycles. The Kier molecular flexibility index (Phi) is 5.75. The van der Waals surface area contributed by atoms with Gasteiger partial charge in [0.2, 0.25) is 0 Å². The fourth-order valence-electron chi connectivity index (χ4n) is 7.01. The zero-order valence-electron chi connectivity index (χ0n) is 21.1. The van der Waals surface area contributed by atoms with E-state index in [0.29, 0.717) is 40.5 Å². The molecule has 4 fully saturated rings. The second kappa shape index (κ2) is 9.03. The van der Waals surface area contributed by atoms with Gasteiger partial charge in [-0.25, -0.2) is 4.39 Å². The molecule has 2 atom stereocenters. The molecule has 0 amide bonds. The largest absolute Gasteiger partial charge is 0.461 e. The molecular formula is C28H32ClFN6O. The second-order valence-electron chi connectivity index (χ2n) is 11.2. The smallest absolute Gasteiger partial charge is 0.319 e. The number of aromatic nitrogens is 3. The molecule has 6 heterocycles. The monoisotopic (exact) mass is 522 g/mol. The number of benzene rings is 1. The number of halogens is 2. The lowest BCUT2D eigenvalue weighted by molar-refractivity contribution is 0.108. The number of rotatable bonds is 5. The number of piperazine rings is 1. The summed E-state index contributed by atoms with van der Waals surface area (Å²) in [6.45, 7) is 6.33. The minimum absolute atomic E-state index is 0.0620. The lowest BCUT2D eigenvalue weighted by Crippen LogP contribution is -2.51. The summed E-state index contributed by atoms with van der Waals surface area (Å²) in [5.74, 6) is 0.252. The summed E-state index contributed by atoms with van der Waals surface area (Å²) in [5.41, 5.74) is 2.02. The molecule has 0 spiro atoms. The van der Waals surface area contributed by atoms with Gasteiger partial charge in [0.1, 0.15) is 23.6 Å². The van der Waals surface area contributed by atoms with Gasteiger partial charge in [0.25, 0.3) is 0 Å². The lowest BCUT2D eigenvalue weighted by atomic mass is 9.95. The fraction of sp³-hybridized carbons (Fsp3) is 0.536. The van der Waals surface area contributed by atoms with Crippen LogP contribution in [0.15, 0.2) is 24.4 Å². The molecule has 0 unspecified atom stereocenters. The van der Waals surface area contributed by atoms with E-state index in [9.17, 15) is 0 Å². The van der Waals surface area contributed by atoms with Gasteiger partial charge in [-0.3, -0.25) is 9.88 Å². The standard InChI is InChI=1S/C28H32ClFN6O/c1-17-20(5-2-6-22(17)29)24-23(30)25-21(13-31-24)26(35-14-18-7-8-19(15-35)32-18)34-27(33-25)37-16-28-9-3-11-36(28)12-4-10-28/h2,5-6,13,18-19,32H,3-4,7-12,14-16H2,1H3/t18-,19+. The molecule has 0 aliphatic carbocycles. The van der Waals surface area contributed by atoms with Crippen LogP contribution in [-0.2, 0) is 0 Å². The SMILES string of the molecule is Cc1c(Cl)cccc1-c1ncc2c(N3C[C@H]4CC[C@@H](C3)N4)nc(OCC34CCCN3CCC4)nc2c1F. The fourth-order valence-corrected chi connectivity index (χ4v) is 7.18. The van der Waals surface area contributed by atoms with Crippen molar-refractivity contribution in [2.24, 2.45) is 0 Å². The number of nitrogens with zero attached hydrogens (tertiary/aromatic N) is 5. The molecule has 4 aliphatic heterocycles. The number of hydrogen-bond acceptors (Lipinski definition) is 7. The van der Waals surface area contributed by atoms with Gasteiger partial charge in [0, 0.05) is 42.0 Å². The minimum atomic E-state index is -0.462. The Morgan fingerprint density at radius 1 is 1.14 bits per heavy atom. The maximum atomic E-state index is 16.2. The summed E-state index contributed by atoms with van der Waals surface area (Å²) >= 11 is 6.35. The Labute approximate surface area is 221 Å². The third-order valence-electron chi connectivity index (χ3n) is 8.96. The van der Waals surface area contributed by atoms with E-state index in [1.165, 1.54) is 12.8 Å². The number of pyridine rings is 1. The van der Waals surface area contributed by atoms with Crippen molar-refractivity contribution in [3.05, 3.63) is 40.8 Å². The van der Waals surface area contributed by atoms with Crippen molar-refractivity contribution in [2.75, 3.05) is 37.7 Å². The van der Waals surface area contributed by atoms with Crippen LogP contribution in [0.1, 0.15) is 44.1 Å². The first-order valence-electron chi connectivity index (χ1n) is 13.5. The maximum absolute atomic E-state index is 16.2. The predicted molar refractivity (Wildman–Crippen MR) is 143 cm³/mol. The van der Waals surface area contributed by atoms with Gasteiger partial charge in [-0.05, 0) is 70.2 Å². The van der Waals surface area contributed by atoms with Gasteiger partial charge in [0.15, 0.2) is 5.82 Å². The second-order valence-corrected chi connectivity index (χ2v) is 11.6. The van der Waals surface area contributed by atoms with Gasteiger partial charge in [0.05, 0.1) is 10.9 Å². The van der Waals surface area contributed by atoms with Gasteiger partial charge in [-0.15, -0.1) is 0 Å². The van der Waals surface area contributed by atoms with Crippen molar-refractivity contribution < 1.29 is 9.13 Å². The summed E-state index contributed by atoms with van der Waals surface area (Å²) in [6.07, 6.45) is 8.66. The van der Waals surface area contributed by atoms with Crippen LogP contribution in [0.2, 0.25) is 5.02 Å². The van der Waals surface area contributed by atoms with Crippen molar-refractivity contribution in [3.8, 4) is 17.3 Å². The number of fused-ring (bicyclic) bond motifs is 4. The molecule has 7 nitrogen and oxygen atoms in total. The molecule has 0 radical (unpaired) electrons. The zero-order valence-corrected chi connectivity index (χ0v) is 21.9. The number of anilines is 1. The topological polar surface area (TPSA) is 66.4 Å². The summed E-state index contributed by atoms with van der Waals surface area (Å²) < 4.78 is 22.6. The molecule has 4 saturated heterocycles. The van der Waals surface area contributed by atoms with E-state index in [4.69, 9.17) is 21.3 Å². The molecule has 9 heteroatoms. The van der Waals surface area contributed by atoms with Crippen LogP contribution in [0.3, 0.4) is 0 Å². The lowest BCUT2D eigenvalue weighted by Gasteiger charge is -2.34. The third kappa shape index (κ3) is 3.96. The van der Waals surface area contributed by atoms with E-state index in [1.807, 2.05) is 19.1 Å². The molecular weight excluding hydrogens is 491 g/mol. The van der Waals surface area contributed by atoms with Crippen molar-refractivity contribution in [2.45, 2.75) is 63.1 Å². The zero-order chi connectivity index (χ0) is 25.1. The number of hydrogen-bond donors (Lipinski definition) is 1. The van der Waals surface area contributed by atoms with Crippen LogP contribution >= 0.6 is 11.6 Å². The summed E-state index contributed by atoms with van der Waals surface area (Å²) in [6, 6.07) is 6.56. The minimum Gasteiger partial charge on any atom is -0.461 e. The molecule has 7 rings (SSSR count). The summed E-state index contributed by atoms with van der Waals surface area (Å²) in [7, 11) is 0. The molecule has 1 N–H and O–H groups in total. The molecule has 4 aliphatic rings. The quantitative estimate of drug-likeness (QED) is 0.519. The van der Waals surface area contributed by atoms with Crippen LogP contribution in [0.25, 0.3) is 22.2 Å². The Bertz CT molecular complexity index is 1350. The average molecular weight is 523 g/mol. The van der Waals surface area contributed by atoms with Gasteiger partial charge < -0.3 is 15.0 Å². The Balaban J connectivity index is 1.32. The van der Waals surface area contributed by atoms with E-state index in [-0.39, 0.29) is 22.8 Å². The summed E-state index contributed by atoms with van der Waals surface area (Å²) in [5, 5.41) is 4.87. The van der Waals surface area contributed by atoms with Crippen LogP contribution in [0.5, 0.6) is 6.01 Å². The third-order valence-corrected chi connectivity index (χ3v) is 9.37. The van der Waals surface area contributed by atoms with E-state index in [1.54, 1.807) is 12.3 Å². The van der Waals surface area contributed by atoms with Crippen LogP contribution in [0.4, 0.5) is 10.2 Å². The summed E-state index contributed by atoms with van der Waals surface area (Å²) in [4.78, 5) is 18.9. The van der Waals surface area contributed by atoms with Gasteiger partial charge >= 0.3 is 6.01 Å². The molecule has 194 valence electrons. The van der Waals surface area contributed by atoms with E-state index in [2.05, 4.69) is 25.1 Å². The molecule has 0 saturated carbocycles. The van der Waals surface area contributed by atoms with E-state index < -0.39 is 5.82 Å². The number of ether oxygens (including phenoxy) is 1. The van der Waals surface area contributed by atoms with Crippen molar-refractivity contribution in [3.63, 3.8) is 0 Å². The van der Waals surface area contributed by atoms with Gasteiger partial charge in [-0.2, -0.15) is 9.97 Å². The Hall–Kier alpha value is -2.55. The molecule has 2 aromatic heterocycles. The van der Waals surface area contributed by atoms with Crippen molar-refractivity contribution in [1.29, 1.82) is 0 Å². The van der Waals surface area contributed by atoms with Gasteiger partial charge in [-0.1, -0.05) is 23.7 Å². The molecule has 37 heavy (non-hydrogen) atoms. The van der Waals surface area contributed by atoms with E-state index >= 15 is 4.39 Å². The predicted octanol–water partition coefficient (Wildman–Crippen LogP) is 4.74. The molecule has 3 aromatic rings. The van der Waals surface area contributed by atoms with Crippen molar-refractivity contribution >= 4 is 28.3 Å². The highest BCUT2D eigenvalue weighted by molar-refractivity contribution is 6.31. The van der Waals surface area contributed by atoms with Crippen molar-refractivity contribution in [1.82, 2.24) is 25.2 Å². The highest BCUT2D eigenvalue weighted by Gasteiger charge is 2.45. The van der Waals surface area contributed by atoms with Crippen LogP contribution in [-0.4, -0.2) is 70.3 Å². The first kappa shape index (κ1) is 23.6. The normalized spacial score (nSPS) is 24.7. The number of nitrogens with one attached hydrogen (secondary N) is 1. The first-order valence-corrected chi connectivity index (χ1v) is 13.9. The average Bonchev–Trinajstić information content (AvgIpc) is 3.58. The first-order chi connectivity index (χ1) is 18.0. The Morgan fingerprint density at radius 3 is 2.65 bits per heavy atom. The highest BCUT2D eigenvalue weighted by atomic mass is 35.5. The van der Waals surface area contributed by atoms with E-state index in [0.717, 1.165) is 57.4 Å². The van der Waals surface area contributed by atoms with Crippen LogP contribution < -0.4 is 15.0 Å². The maximum Gasteiger partial charge on any atom is 0.319 e. The molecule has 2 bridgehead atoms.